The molecule has 3 aromatic rings. The van der Waals surface area contributed by atoms with Gasteiger partial charge in [-0.15, -0.1) is 0 Å². The quantitative estimate of drug-likeness (QED) is 0.335. The molecule has 7 rings (SSSR count). The molecule has 1 aliphatic carbocycles. The minimum Gasteiger partial charge on any atom is -0.493 e. The van der Waals surface area contributed by atoms with Crippen LogP contribution in [-0.2, 0) is 29.8 Å². The lowest BCUT2D eigenvalue weighted by Gasteiger charge is -2.56. The minimum absolute atomic E-state index is 0.0601. The van der Waals surface area contributed by atoms with E-state index in [0.717, 1.165) is 93.5 Å². The highest BCUT2D eigenvalue weighted by atomic mass is 16.5. The van der Waals surface area contributed by atoms with Gasteiger partial charge in [-0.05, 0) is 97.3 Å². The number of nitrogens with zero attached hydrogens (tertiary/aromatic N) is 4. The second-order valence-corrected chi connectivity index (χ2v) is 14.3. The molecule has 0 radical (unpaired) electrons. The molecule has 4 heterocycles. The van der Waals surface area contributed by atoms with Crippen LogP contribution >= 0.6 is 0 Å². The lowest BCUT2D eigenvalue weighted by atomic mass is 9.59. The molecule has 2 fully saturated rings. The van der Waals surface area contributed by atoms with Gasteiger partial charge in [-0.25, -0.2) is 0 Å². The zero-order valence-corrected chi connectivity index (χ0v) is 30.7. The summed E-state index contributed by atoms with van der Waals surface area (Å²) in [6.07, 6.45) is 5.98. The molecular weight excluding hydrogens is 646 g/mol. The summed E-state index contributed by atoms with van der Waals surface area (Å²) in [7, 11) is 6.80. The van der Waals surface area contributed by atoms with Gasteiger partial charge < -0.3 is 39.2 Å². The summed E-state index contributed by atoms with van der Waals surface area (Å²) in [4.78, 5) is 25.8. The molecule has 4 unspecified atom stereocenters. The first kappa shape index (κ1) is 35.3. The third-order valence-corrected chi connectivity index (χ3v) is 12.1. The third-order valence-electron chi connectivity index (χ3n) is 12.1. The van der Waals surface area contributed by atoms with Crippen molar-refractivity contribution in [1.29, 1.82) is 0 Å². The number of piperazine rings is 1. The Labute approximate surface area is 301 Å². The van der Waals surface area contributed by atoms with Crippen LogP contribution in [0.25, 0.3) is 0 Å². The van der Waals surface area contributed by atoms with E-state index in [4.69, 9.17) is 18.9 Å². The van der Waals surface area contributed by atoms with E-state index in [2.05, 4.69) is 56.2 Å². The summed E-state index contributed by atoms with van der Waals surface area (Å²) in [5, 5.41) is 13.7. The maximum atomic E-state index is 14.6. The number of amides is 1. The predicted molar refractivity (Wildman–Crippen MR) is 196 cm³/mol. The Morgan fingerprint density at radius 2 is 1.59 bits per heavy atom. The normalized spacial score (nSPS) is 24.9. The molecule has 4 aliphatic rings. The number of hydrogen-bond donors (Lipinski definition) is 2. The first-order chi connectivity index (χ1) is 24.9. The SMILES string of the molecule is CCN1CCc2cc(OC)c(OC)cc2C1C1CC(C(=O)N2CCN(c3ccnc(CO)c3)CC2)CCC12NCCc1cc(OC)c(OC)cc12. The first-order valence-corrected chi connectivity index (χ1v) is 18.5. The highest BCUT2D eigenvalue weighted by Crippen LogP contribution is 2.56. The number of carbonyl (C=O) groups excluding carboxylic acids is 1. The van der Waals surface area contributed by atoms with Gasteiger partial charge in [0.1, 0.15) is 0 Å². The molecular formula is C40H53N5O6. The molecule has 1 saturated heterocycles. The fourth-order valence-electron chi connectivity index (χ4n) is 9.49. The lowest BCUT2D eigenvalue weighted by molar-refractivity contribution is -0.139. The number of pyridine rings is 1. The van der Waals surface area contributed by atoms with E-state index in [0.29, 0.717) is 18.8 Å². The number of ether oxygens (including phenoxy) is 4. The van der Waals surface area contributed by atoms with Crippen LogP contribution in [0, 0.1) is 11.8 Å². The Balaban J connectivity index is 1.26. The van der Waals surface area contributed by atoms with E-state index >= 15 is 0 Å². The Morgan fingerprint density at radius 3 is 2.27 bits per heavy atom. The number of likely N-dealkylation sites (N-methyl/N-ethyl adjacent to an activating group) is 1. The zero-order valence-electron chi connectivity index (χ0n) is 30.7. The smallest absolute Gasteiger partial charge is 0.225 e. The number of hydrogen-bond acceptors (Lipinski definition) is 10. The summed E-state index contributed by atoms with van der Waals surface area (Å²) in [5.74, 6) is 3.23. The number of methoxy groups -OCH3 is 4. The van der Waals surface area contributed by atoms with Crippen LogP contribution in [0.3, 0.4) is 0 Å². The highest BCUT2D eigenvalue weighted by molar-refractivity contribution is 5.79. The van der Waals surface area contributed by atoms with Crippen molar-refractivity contribution in [1.82, 2.24) is 20.1 Å². The largest absolute Gasteiger partial charge is 0.493 e. The van der Waals surface area contributed by atoms with Gasteiger partial charge in [-0.3, -0.25) is 14.7 Å². The fraction of sp³-hybridized carbons (Fsp3) is 0.550. The van der Waals surface area contributed by atoms with Crippen molar-refractivity contribution in [2.24, 2.45) is 11.8 Å². The molecule has 2 N–H and O–H groups in total. The molecule has 1 spiro atoms. The third kappa shape index (κ3) is 6.38. The number of nitrogens with one attached hydrogen (secondary N) is 1. The average Bonchev–Trinajstić information content (AvgIpc) is 3.19. The maximum Gasteiger partial charge on any atom is 0.225 e. The summed E-state index contributed by atoms with van der Waals surface area (Å²) in [6, 6.07) is 12.7. The number of rotatable bonds is 9. The molecule has 51 heavy (non-hydrogen) atoms. The number of aliphatic hydroxyl groups is 1. The molecule has 1 saturated carbocycles. The van der Waals surface area contributed by atoms with Gasteiger partial charge in [-0.1, -0.05) is 6.92 Å². The Morgan fingerprint density at radius 1 is 0.902 bits per heavy atom. The highest BCUT2D eigenvalue weighted by Gasteiger charge is 2.54. The number of anilines is 1. The van der Waals surface area contributed by atoms with E-state index in [9.17, 15) is 9.90 Å². The summed E-state index contributed by atoms with van der Waals surface area (Å²) < 4.78 is 23.3. The van der Waals surface area contributed by atoms with Gasteiger partial charge in [0.05, 0.1) is 40.7 Å². The van der Waals surface area contributed by atoms with Crippen molar-refractivity contribution in [2.45, 2.75) is 57.2 Å². The van der Waals surface area contributed by atoms with Crippen LogP contribution in [-0.4, -0.2) is 100 Å². The van der Waals surface area contributed by atoms with Gasteiger partial charge in [-0.2, -0.15) is 0 Å². The van der Waals surface area contributed by atoms with E-state index in [1.54, 1.807) is 34.6 Å². The van der Waals surface area contributed by atoms with Crippen LogP contribution in [0.2, 0.25) is 0 Å². The Bertz CT molecular complexity index is 1730. The molecule has 0 bridgehead atoms. The van der Waals surface area contributed by atoms with E-state index in [1.165, 1.54) is 22.3 Å². The second-order valence-electron chi connectivity index (χ2n) is 14.3. The minimum atomic E-state index is -0.367. The second kappa shape index (κ2) is 14.9. The lowest BCUT2D eigenvalue weighted by Crippen LogP contribution is -2.60. The van der Waals surface area contributed by atoms with Crippen molar-refractivity contribution < 1.29 is 28.8 Å². The maximum absolute atomic E-state index is 14.6. The standard InChI is InChI=1S/C40H53N5O6/c1-6-43-14-10-26-20-34(48-2)36(50-4)23-31(26)38(43)33-19-28(39(47)45-17-15-44(16-18-45)30-9-12-41-29(22-30)25-46)7-11-40(33)32-24-37(51-5)35(49-3)21-27(32)8-13-42-40/h9,12,20-24,28,33,38,42,46H,6-8,10-11,13-19,25H2,1-5H3. The van der Waals surface area contributed by atoms with Crippen molar-refractivity contribution >= 4 is 11.6 Å². The molecule has 11 heteroatoms. The van der Waals surface area contributed by atoms with Crippen molar-refractivity contribution in [3.8, 4) is 23.0 Å². The molecule has 4 atom stereocenters. The summed E-state index contributed by atoms with van der Waals surface area (Å²) in [5.41, 5.74) is 6.42. The molecule has 1 aromatic heterocycles. The Kier molecular flexibility index (Phi) is 10.3. The molecule has 1 amide bonds. The fourth-order valence-corrected chi connectivity index (χ4v) is 9.49. The average molecular weight is 700 g/mol. The number of benzene rings is 2. The molecule has 11 nitrogen and oxygen atoms in total. The number of fused-ring (bicyclic) bond motifs is 3. The molecule has 3 aliphatic heterocycles. The predicted octanol–water partition coefficient (Wildman–Crippen LogP) is 4.33. The van der Waals surface area contributed by atoms with Crippen molar-refractivity contribution in [3.05, 3.63) is 70.5 Å². The van der Waals surface area contributed by atoms with Crippen LogP contribution in [0.4, 0.5) is 5.69 Å². The number of carbonyl (C=O) groups is 1. The van der Waals surface area contributed by atoms with E-state index in [-0.39, 0.29) is 35.9 Å². The van der Waals surface area contributed by atoms with Crippen LogP contribution in [0.5, 0.6) is 23.0 Å². The summed E-state index contributed by atoms with van der Waals surface area (Å²) in [6.45, 7) is 7.69. The molecule has 274 valence electrons. The first-order valence-electron chi connectivity index (χ1n) is 18.5. The number of aromatic nitrogens is 1. The van der Waals surface area contributed by atoms with Crippen molar-refractivity contribution in [2.75, 3.05) is 79.2 Å². The topological polar surface area (TPSA) is 109 Å². The summed E-state index contributed by atoms with van der Waals surface area (Å²) >= 11 is 0. The Hall–Kier alpha value is -4.06. The number of aliphatic hydroxyl groups excluding tert-OH is 1. The van der Waals surface area contributed by atoms with Crippen LogP contribution in [0.1, 0.15) is 60.2 Å². The van der Waals surface area contributed by atoms with Crippen LogP contribution < -0.4 is 29.2 Å². The van der Waals surface area contributed by atoms with Gasteiger partial charge in [0.25, 0.3) is 0 Å². The van der Waals surface area contributed by atoms with Gasteiger partial charge in [0, 0.05) is 74.6 Å². The molecule has 2 aromatic carbocycles. The monoisotopic (exact) mass is 699 g/mol. The zero-order chi connectivity index (χ0) is 35.7. The van der Waals surface area contributed by atoms with Gasteiger partial charge in [0.2, 0.25) is 5.91 Å². The van der Waals surface area contributed by atoms with E-state index in [1.807, 2.05) is 12.1 Å². The van der Waals surface area contributed by atoms with Gasteiger partial charge in [0.15, 0.2) is 23.0 Å². The van der Waals surface area contributed by atoms with E-state index < -0.39 is 0 Å². The van der Waals surface area contributed by atoms with Crippen molar-refractivity contribution in [3.63, 3.8) is 0 Å². The van der Waals surface area contributed by atoms with Gasteiger partial charge >= 0.3 is 0 Å². The van der Waals surface area contributed by atoms with Crippen LogP contribution in [0.15, 0.2) is 42.6 Å².